The van der Waals surface area contributed by atoms with Gasteiger partial charge in [0.15, 0.2) is 11.5 Å². The van der Waals surface area contributed by atoms with E-state index in [9.17, 15) is 13.2 Å². The Kier molecular flexibility index (Phi) is 8.73. The summed E-state index contributed by atoms with van der Waals surface area (Å²) in [7, 11) is 5.43. The number of benzene rings is 2. The molecule has 0 spiro atoms. The molecule has 0 atom stereocenters. The fourth-order valence-electron chi connectivity index (χ4n) is 3.10. The average Bonchev–Trinajstić information content (AvgIpc) is 2.79. The smallest absolute Gasteiger partial charge is 0.242 e. The fraction of sp³-hybridized carbons (Fsp3) is 0.409. The maximum Gasteiger partial charge on any atom is 0.242 e. The third kappa shape index (κ3) is 5.83. The van der Waals surface area contributed by atoms with Crippen LogP contribution in [0.2, 0.25) is 0 Å². The Labute approximate surface area is 189 Å². The van der Waals surface area contributed by atoms with Gasteiger partial charge in [0.05, 0.1) is 33.3 Å². The van der Waals surface area contributed by atoms with Crippen molar-refractivity contribution >= 4 is 15.9 Å². The minimum atomic E-state index is -3.58. The molecule has 0 radical (unpaired) electrons. The number of nitrogens with zero attached hydrogens (tertiary/aromatic N) is 1. The highest BCUT2D eigenvalue weighted by Crippen LogP contribution is 2.38. The van der Waals surface area contributed by atoms with Crippen LogP contribution >= 0.6 is 0 Å². The second-order valence-electron chi connectivity index (χ2n) is 7.07. The van der Waals surface area contributed by atoms with E-state index < -0.39 is 10.0 Å². The van der Waals surface area contributed by atoms with Gasteiger partial charge < -0.3 is 24.3 Å². The van der Waals surface area contributed by atoms with Gasteiger partial charge in [-0.2, -0.15) is 0 Å². The Hall–Kier alpha value is -2.98. The first-order chi connectivity index (χ1) is 15.2. The minimum absolute atomic E-state index is 0.149. The van der Waals surface area contributed by atoms with E-state index in [-0.39, 0.29) is 23.8 Å². The second kappa shape index (κ2) is 11.1. The molecule has 1 N–H and O–H groups in total. The topological polar surface area (TPSA) is 103 Å². The molecule has 0 bridgehead atoms. The summed E-state index contributed by atoms with van der Waals surface area (Å²) in [5.74, 6) is 1.81. The van der Waals surface area contributed by atoms with Gasteiger partial charge in [0.25, 0.3) is 0 Å². The maximum atomic E-state index is 12.4. The Morgan fingerprint density at radius 3 is 2.00 bits per heavy atom. The van der Waals surface area contributed by atoms with Gasteiger partial charge in [-0.05, 0) is 47.9 Å². The van der Waals surface area contributed by atoms with Gasteiger partial charge >= 0.3 is 0 Å². The van der Waals surface area contributed by atoms with Crippen molar-refractivity contribution in [3.63, 3.8) is 0 Å². The van der Waals surface area contributed by atoms with E-state index in [4.69, 9.17) is 18.9 Å². The van der Waals surface area contributed by atoms with Crippen LogP contribution in [0.1, 0.15) is 17.5 Å². The van der Waals surface area contributed by atoms with Crippen LogP contribution in [0, 0.1) is 0 Å². The molecule has 2 aromatic rings. The number of rotatable bonds is 11. The molecule has 0 aliphatic heterocycles. The van der Waals surface area contributed by atoms with Crippen molar-refractivity contribution in [2.45, 2.75) is 24.3 Å². The van der Waals surface area contributed by atoms with E-state index in [1.807, 2.05) is 0 Å². The molecule has 0 unspecified atom stereocenters. The molecule has 0 aromatic heterocycles. The third-order valence-electron chi connectivity index (χ3n) is 4.87. The number of nitrogens with one attached hydrogen (secondary N) is 1. The van der Waals surface area contributed by atoms with E-state index in [1.165, 1.54) is 48.6 Å². The number of sulfonamides is 1. The molecule has 0 saturated heterocycles. The highest BCUT2D eigenvalue weighted by Gasteiger charge is 2.19. The molecule has 32 heavy (non-hydrogen) atoms. The Morgan fingerprint density at radius 2 is 1.50 bits per heavy atom. The number of amides is 1. The van der Waals surface area contributed by atoms with Crippen molar-refractivity contribution in [1.82, 2.24) is 9.62 Å². The molecule has 9 nitrogen and oxygen atoms in total. The van der Waals surface area contributed by atoms with Crippen molar-refractivity contribution in [1.29, 1.82) is 0 Å². The molecule has 2 rings (SSSR count). The SMILES string of the molecule is COc1ccc(S(=O)(=O)N(C)C)cc1CCC(=O)NCc1cc(OC)c(OC)c(OC)c1. The monoisotopic (exact) mass is 466 g/mol. The number of carbonyl (C=O) groups is 1. The zero-order chi connectivity index (χ0) is 23.9. The van der Waals surface area contributed by atoms with E-state index >= 15 is 0 Å². The average molecular weight is 467 g/mol. The van der Waals surface area contributed by atoms with Crippen LogP contribution < -0.4 is 24.3 Å². The summed E-state index contributed by atoms with van der Waals surface area (Å²) in [6.07, 6.45) is 0.479. The van der Waals surface area contributed by atoms with Crippen molar-refractivity contribution in [2.24, 2.45) is 0 Å². The molecule has 0 aliphatic carbocycles. The number of hydrogen-bond acceptors (Lipinski definition) is 7. The first kappa shape index (κ1) is 25.3. The van der Waals surface area contributed by atoms with E-state index in [0.717, 1.165) is 9.87 Å². The summed E-state index contributed by atoms with van der Waals surface area (Å²) >= 11 is 0. The summed E-state index contributed by atoms with van der Waals surface area (Å²) in [6, 6.07) is 8.16. The lowest BCUT2D eigenvalue weighted by molar-refractivity contribution is -0.121. The van der Waals surface area contributed by atoms with Crippen LogP contribution in [-0.2, 0) is 27.8 Å². The largest absolute Gasteiger partial charge is 0.496 e. The Morgan fingerprint density at radius 1 is 0.906 bits per heavy atom. The lowest BCUT2D eigenvalue weighted by Gasteiger charge is -2.15. The summed E-state index contributed by atoms with van der Waals surface area (Å²) < 4.78 is 47.2. The lowest BCUT2D eigenvalue weighted by atomic mass is 10.1. The normalized spacial score (nSPS) is 11.2. The van der Waals surface area contributed by atoms with E-state index in [1.54, 1.807) is 24.3 Å². The summed E-state index contributed by atoms with van der Waals surface area (Å²) in [4.78, 5) is 12.6. The molecule has 0 aliphatic rings. The van der Waals surface area contributed by atoms with Crippen molar-refractivity contribution in [3.8, 4) is 23.0 Å². The van der Waals surface area contributed by atoms with Crippen LogP contribution in [0.3, 0.4) is 0 Å². The first-order valence-corrected chi connectivity index (χ1v) is 11.3. The van der Waals surface area contributed by atoms with Gasteiger partial charge in [-0.15, -0.1) is 0 Å². The zero-order valence-corrected chi connectivity index (χ0v) is 20.0. The van der Waals surface area contributed by atoms with Crippen molar-refractivity contribution < 1.29 is 32.2 Å². The van der Waals surface area contributed by atoms with Gasteiger partial charge in [-0.3, -0.25) is 4.79 Å². The fourth-order valence-corrected chi connectivity index (χ4v) is 4.05. The Balaban J connectivity index is 2.09. The molecular formula is C22H30N2O7S. The standard InChI is InChI=1S/C22H30N2O7S/c1-24(2)32(26,27)17-8-9-18(28-3)16(13-17)7-10-21(25)23-14-15-11-19(29-4)22(31-6)20(12-15)30-5/h8-9,11-13H,7,10,14H2,1-6H3,(H,23,25). The molecule has 0 saturated carbocycles. The number of carbonyl (C=O) groups excluding carboxylic acids is 1. The number of aryl methyl sites for hydroxylation is 1. The predicted octanol–water partition coefficient (Wildman–Crippen LogP) is 2.22. The van der Waals surface area contributed by atoms with Gasteiger partial charge in [0.1, 0.15) is 5.75 Å². The van der Waals surface area contributed by atoms with Gasteiger partial charge in [-0.25, -0.2) is 12.7 Å². The van der Waals surface area contributed by atoms with Crippen LogP contribution in [0.25, 0.3) is 0 Å². The van der Waals surface area contributed by atoms with Gasteiger partial charge in [0, 0.05) is 27.1 Å². The van der Waals surface area contributed by atoms with E-state index in [0.29, 0.717) is 35.0 Å². The van der Waals surface area contributed by atoms with Crippen molar-refractivity contribution in [2.75, 3.05) is 42.5 Å². The zero-order valence-electron chi connectivity index (χ0n) is 19.2. The van der Waals surface area contributed by atoms with Gasteiger partial charge in [0.2, 0.25) is 21.7 Å². The van der Waals surface area contributed by atoms with Crippen LogP contribution in [0.5, 0.6) is 23.0 Å². The van der Waals surface area contributed by atoms with Crippen LogP contribution in [-0.4, -0.2) is 61.2 Å². The highest BCUT2D eigenvalue weighted by molar-refractivity contribution is 7.89. The summed E-state index contributed by atoms with van der Waals surface area (Å²) in [5.41, 5.74) is 1.42. The second-order valence-corrected chi connectivity index (χ2v) is 9.22. The number of hydrogen-bond donors (Lipinski definition) is 1. The first-order valence-electron chi connectivity index (χ1n) is 9.83. The third-order valence-corrected chi connectivity index (χ3v) is 6.68. The minimum Gasteiger partial charge on any atom is -0.496 e. The number of ether oxygens (including phenoxy) is 4. The van der Waals surface area contributed by atoms with Crippen LogP contribution in [0.15, 0.2) is 35.2 Å². The quantitative estimate of drug-likeness (QED) is 0.542. The van der Waals surface area contributed by atoms with Gasteiger partial charge in [-0.1, -0.05) is 0 Å². The summed E-state index contributed by atoms with van der Waals surface area (Å²) in [6.45, 7) is 0.266. The number of methoxy groups -OCH3 is 4. The molecule has 2 aromatic carbocycles. The predicted molar refractivity (Wildman–Crippen MR) is 120 cm³/mol. The molecular weight excluding hydrogens is 436 g/mol. The molecule has 10 heteroatoms. The molecule has 0 heterocycles. The Bertz CT molecular complexity index is 1030. The molecule has 0 fully saturated rings. The maximum absolute atomic E-state index is 12.4. The van der Waals surface area contributed by atoms with Crippen molar-refractivity contribution in [3.05, 3.63) is 41.5 Å². The van der Waals surface area contributed by atoms with Crippen LogP contribution in [0.4, 0.5) is 0 Å². The van der Waals surface area contributed by atoms with E-state index in [2.05, 4.69) is 5.32 Å². The molecule has 1 amide bonds. The molecule has 176 valence electrons. The highest BCUT2D eigenvalue weighted by atomic mass is 32.2. The lowest BCUT2D eigenvalue weighted by Crippen LogP contribution is -2.23. The summed E-state index contributed by atoms with van der Waals surface area (Å²) in [5, 5.41) is 2.85.